The van der Waals surface area contributed by atoms with E-state index in [0.717, 1.165) is 28.3 Å². The number of anilines is 1. The lowest BCUT2D eigenvalue weighted by Crippen LogP contribution is -2.05. The van der Waals surface area contributed by atoms with Gasteiger partial charge in [-0.25, -0.2) is 4.98 Å². The van der Waals surface area contributed by atoms with Gasteiger partial charge in [0, 0.05) is 29.4 Å². The number of ether oxygens (including phenoxy) is 1. The third kappa shape index (κ3) is 3.51. The number of nitrogen functional groups attached to an aromatic ring is 1. The Balaban J connectivity index is 1.76. The van der Waals surface area contributed by atoms with Gasteiger partial charge in [0.2, 0.25) is 0 Å². The summed E-state index contributed by atoms with van der Waals surface area (Å²) in [7, 11) is 0. The molecule has 3 aromatic heterocycles. The highest BCUT2D eigenvalue weighted by Gasteiger charge is 2.15. The summed E-state index contributed by atoms with van der Waals surface area (Å²) in [4.78, 5) is 8.94. The topological polar surface area (TPSA) is 65.4 Å². The van der Waals surface area contributed by atoms with Gasteiger partial charge in [0.15, 0.2) is 0 Å². The van der Waals surface area contributed by atoms with Crippen molar-refractivity contribution in [2.45, 2.75) is 20.0 Å². The summed E-state index contributed by atoms with van der Waals surface area (Å²) in [5.41, 5.74) is 11.2. The molecular formula is C21H18F2N4O. The number of para-hydroxylation sites is 1. The fourth-order valence-corrected chi connectivity index (χ4v) is 3.19. The van der Waals surface area contributed by atoms with Crippen LogP contribution in [0.5, 0.6) is 5.75 Å². The molecule has 3 heterocycles. The third-order valence-electron chi connectivity index (χ3n) is 4.55. The number of aromatic nitrogens is 3. The molecule has 0 aliphatic carbocycles. The van der Waals surface area contributed by atoms with Crippen LogP contribution < -0.4 is 10.5 Å². The van der Waals surface area contributed by atoms with E-state index in [2.05, 4.69) is 14.7 Å². The molecular weight excluding hydrogens is 362 g/mol. The van der Waals surface area contributed by atoms with Gasteiger partial charge in [0.25, 0.3) is 0 Å². The molecule has 0 aliphatic rings. The molecule has 0 bridgehead atoms. The highest BCUT2D eigenvalue weighted by Crippen LogP contribution is 2.26. The summed E-state index contributed by atoms with van der Waals surface area (Å²) in [6, 6.07) is 14.3. The molecule has 28 heavy (non-hydrogen) atoms. The van der Waals surface area contributed by atoms with E-state index in [1.165, 1.54) is 0 Å². The van der Waals surface area contributed by atoms with Crippen molar-refractivity contribution >= 4 is 11.3 Å². The van der Waals surface area contributed by atoms with E-state index in [9.17, 15) is 8.78 Å². The molecule has 142 valence electrons. The molecule has 0 radical (unpaired) electrons. The quantitative estimate of drug-likeness (QED) is 0.554. The van der Waals surface area contributed by atoms with Gasteiger partial charge >= 0.3 is 6.61 Å². The molecule has 0 amide bonds. The van der Waals surface area contributed by atoms with Gasteiger partial charge in [0.05, 0.1) is 23.3 Å². The maximum atomic E-state index is 12.7. The van der Waals surface area contributed by atoms with E-state index in [-0.39, 0.29) is 5.75 Å². The Morgan fingerprint density at radius 1 is 1.11 bits per heavy atom. The summed E-state index contributed by atoms with van der Waals surface area (Å²) in [5, 5.41) is 0. The smallest absolute Gasteiger partial charge is 0.387 e. The second kappa shape index (κ2) is 7.26. The van der Waals surface area contributed by atoms with E-state index in [1.54, 1.807) is 36.5 Å². The van der Waals surface area contributed by atoms with Gasteiger partial charge in [-0.3, -0.25) is 4.98 Å². The first kappa shape index (κ1) is 17.9. The number of halogens is 2. The molecule has 0 unspecified atom stereocenters. The number of aryl methyl sites for hydroxylation is 1. The van der Waals surface area contributed by atoms with Crippen LogP contribution in [0.4, 0.5) is 14.5 Å². The Kier molecular flexibility index (Phi) is 4.65. The summed E-state index contributed by atoms with van der Waals surface area (Å²) in [6.45, 7) is -0.965. The number of imidazole rings is 1. The summed E-state index contributed by atoms with van der Waals surface area (Å²) in [6.07, 6.45) is 3.96. The maximum absolute atomic E-state index is 12.7. The minimum absolute atomic E-state index is 0.170. The molecule has 2 N–H and O–H groups in total. The first-order chi connectivity index (χ1) is 13.5. The standard InChI is InChI=1S/C21H18F2N4O/c1-13-18(10-14-4-2-3-5-19(14)28-21(22)23)27-12-15(6-9-20(27)26-13)17-8-7-16(24)11-25-17/h2-9,11-12,21H,10,24H2,1H3. The number of benzene rings is 1. The largest absolute Gasteiger partial charge is 0.435 e. The van der Waals surface area contributed by atoms with Crippen LogP contribution in [0.25, 0.3) is 16.9 Å². The SMILES string of the molecule is Cc1nc2ccc(-c3ccc(N)cn3)cn2c1Cc1ccccc1OC(F)F. The summed E-state index contributed by atoms with van der Waals surface area (Å²) >= 11 is 0. The van der Waals surface area contributed by atoms with E-state index < -0.39 is 6.61 Å². The Hall–Kier alpha value is -3.48. The van der Waals surface area contributed by atoms with Crippen LogP contribution in [0, 0.1) is 6.92 Å². The molecule has 5 nitrogen and oxygen atoms in total. The minimum Gasteiger partial charge on any atom is -0.435 e. The zero-order valence-corrected chi connectivity index (χ0v) is 15.1. The monoisotopic (exact) mass is 380 g/mol. The lowest BCUT2D eigenvalue weighted by atomic mass is 10.1. The molecule has 0 atom stereocenters. The van der Waals surface area contributed by atoms with E-state index in [1.807, 2.05) is 35.7 Å². The fourth-order valence-electron chi connectivity index (χ4n) is 3.19. The Morgan fingerprint density at radius 2 is 1.93 bits per heavy atom. The number of nitrogens with two attached hydrogens (primary N) is 1. The Labute approximate surface area is 160 Å². The van der Waals surface area contributed by atoms with Crippen molar-refractivity contribution in [3.05, 3.63) is 77.9 Å². The van der Waals surface area contributed by atoms with Crippen molar-refractivity contribution in [3.8, 4) is 17.0 Å². The van der Waals surface area contributed by atoms with Crippen molar-refractivity contribution in [3.63, 3.8) is 0 Å². The van der Waals surface area contributed by atoms with E-state index in [0.29, 0.717) is 17.7 Å². The van der Waals surface area contributed by atoms with Crippen molar-refractivity contribution < 1.29 is 13.5 Å². The average Bonchev–Trinajstić information content (AvgIpc) is 2.98. The van der Waals surface area contributed by atoms with Gasteiger partial charge < -0.3 is 14.9 Å². The number of alkyl halides is 2. The molecule has 0 saturated carbocycles. The molecule has 4 rings (SSSR count). The second-order valence-electron chi connectivity index (χ2n) is 6.43. The van der Waals surface area contributed by atoms with Gasteiger partial charge in [0.1, 0.15) is 11.4 Å². The van der Waals surface area contributed by atoms with Crippen LogP contribution in [0.15, 0.2) is 60.9 Å². The van der Waals surface area contributed by atoms with Gasteiger partial charge in [-0.2, -0.15) is 8.78 Å². The van der Waals surface area contributed by atoms with Crippen LogP contribution in [-0.2, 0) is 6.42 Å². The number of fused-ring (bicyclic) bond motifs is 1. The molecule has 0 fully saturated rings. The van der Waals surface area contributed by atoms with Gasteiger partial charge in [-0.1, -0.05) is 18.2 Å². The Bertz CT molecular complexity index is 1120. The zero-order valence-electron chi connectivity index (χ0n) is 15.1. The molecule has 1 aromatic carbocycles. The number of pyridine rings is 2. The van der Waals surface area contributed by atoms with Crippen LogP contribution in [-0.4, -0.2) is 21.0 Å². The number of hydrogen-bond acceptors (Lipinski definition) is 4. The highest BCUT2D eigenvalue weighted by atomic mass is 19.3. The first-order valence-electron chi connectivity index (χ1n) is 8.73. The fraction of sp³-hybridized carbons (Fsp3) is 0.143. The normalized spacial score (nSPS) is 11.3. The number of rotatable bonds is 5. The lowest BCUT2D eigenvalue weighted by molar-refractivity contribution is -0.0503. The molecule has 0 aliphatic heterocycles. The van der Waals surface area contributed by atoms with Gasteiger partial charge in [-0.15, -0.1) is 0 Å². The zero-order chi connectivity index (χ0) is 19.7. The highest BCUT2D eigenvalue weighted by molar-refractivity contribution is 5.63. The summed E-state index contributed by atoms with van der Waals surface area (Å²) in [5.74, 6) is 0.170. The van der Waals surface area contributed by atoms with Crippen molar-refractivity contribution in [2.75, 3.05) is 5.73 Å². The predicted molar refractivity (Wildman–Crippen MR) is 103 cm³/mol. The number of nitrogens with zero attached hydrogens (tertiary/aromatic N) is 3. The van der Waals surface area contributed by atoms with Crippen LogP contribution in [0.3, 0.4) is 0 Å². The maximum Gasteiger partial charge on any atom is 0.387 e. The molecule has 4 aromatic rings. The van der Waals surface area contributed by atoms with Gasteiger partial charge in [-0.05, 0) is 37.3 Å². The van der Waals surface area contributed by atoms with Crippen LogP contribution in [0.2, 0.25) is 0 Å². The first-order valence-corrected chi connectivity index (χ1v) is 8.73. The van der Waals surface area contributed by atoms with E-state index >= 15 is 0 Å². The van der Waals surface area contributed by atoms with Crippen molar-refractivity contribution in [1.82, 2.24) is 14.4 Å². The third-order valence-corrected chi connectivity index (χ3v) is 4.55. The van der Waals surface area contributed by atoms with E-state index in [4.69, 9.17) is 5.73 Å². The molecule has 0 spiro atoms. The summed E-state index contributed by atoms with van der Waals surface area (Å²) < 4.78 is 32.1. The molecule has 0 saturated heterocycles. The average molecular weight is 380 g/mol. The Morgan fingerprint density at radius 3 is 2.68 bits per heavy atom. The second-order valence-corrected chi connectivity index (χ2v) is 6.43. The predicted octanol–water partition coefficient (Wildman–Crippen LogP) is 4.48. The van der Waals surface area contributed by atoms with Crippen molar-refractivity contribution in [1.29, 1.82) is 0 Å². The number of hydrogen-bond donors (Lipinski definition) is 1. The van der Waals surface area contributed by atoms with Crippen LogP contribution >= 0.6 is 0 Å². The van der Waals surface area contributed by atoms with Crippen molar-refractivity contribution in [2.24, 2.45) is 0 Å². The van der Waals surface area contributed by atoms with Crippen LogP contribution in [0.1, 0.15) is 17.0 Å². The minimum atomic E-state index is -2.87. The molecule has 7 heteroatoms. The lowest BCUT2D eigenvalue weighted by Gasteiger charge is -2.11.